The summed E-state index contributed by atoms with van der Waals surface area (Å²) >= 11 is 5.97. The first-order valence-corrected chi connectivity index (χ1v) is 13.6. The molecule has 0 radical (unpaired) electrons. The molecule has 0 amide bonds. The van der Waals surface area contributed by atoms with Gasteiger partial charge in [-0.3, -0.25) is 0 Å². The van der Waals surface area contributed by atoms with Gasteiger partial charge in [-0.15, -0.1) is 0 Å². The Balaban J connectivity index is 1.58. The fourth-order valence-electron chi connectivity index (χ4n) is 3.60. The highest BCUT2D eigenvalue weighted by atomic mass is 35.5. The maximum absolute atomic E-state index is 13.0. The fourth-order valence-corrected chi connectivity index (χ4v) is 5.06. The van der Waals surface area contributed by atoms with Crippen molar-refractivity contribution >= 4 is 27.4 Å². The number of benzene rings is 3. The number of nitrogens with one attached hydrogen (secondary N) is 1. The van der Waals surface area contributed by atoms with Crippen LogP contribution >= 0.6 is 11.6 Å². The van der Waals surface area contributed by atoms with Crippen LogP contribution in [0, 0.1) is 0 Å². The Bertz CT molecular complexity index is 1260. The van der Waals surface area contributed by atoms with Crippen molar-refractivity contribution < 1.29 is 32.9 Å². The number of carbonyl (C=O) groups excluding carboxylic acids is 1. The quantitative estimate of drug-likeness (QED) is 0.279. The molecule has 8 nitrogen and oxygen atoms in total. The van der Waals surface area contributed by atoms with Gasteiger partial charge < -0.3 is 25.0 Å². The van der Waals surface area contributed by atoms with E-state index in [9.17, 15) is 23.4 Å². The number of aliphatic hydroxyl groups is 2. The van der Waals surface area contributed by atoms with Gasteiger partial charge in [-0.25, -0.2) is 13.2 Å². The number of ether oxygens (including phenoxy) is 2. The molecule has 3 aromatic carbocycles. The Morgan fingerprint density at radius 1 is 1.03 bits per heavy atom. The van der Waals surface area contributed by atoms with Crippen molar-refractivity contribution in [3.8, 4) is 5.75 Å². The number of sulfone groups is 1. The molecular formula is C27H30ClNO7S. The Morgan fingerprint density at radius 2 is 1.68 bits per heavy atom. The Labute approximate surface area is 221 Å². The van der Waals surface area contributed by atoms with E-state index in [-0.39, 0.29) is 42.2 Å². The van der Waals surface area contributed by atoms with E-state index in [1.807, 2.05) is 0 Å². The smallest absolute Gasteiger partial charge is 0.344 e. The molecular weight excluding hydrogens is 518 g/mol. The maximum Gasteiger partial charge on any atom is 0.344 e. The molecule has 10 heteroatoms. The summed E-state index contributed by atoms with van der Waals surface area (Å²) in [4.78, 5) is 11.6. The molecule has 3 N–H and O–H groups in total. The fraction of sp³-hybridized carbons (Fsp3) is 0.296. The second-order valence-electron chi connectivity index (χ2n) is 8.28. The zero-order valence-electron chi connectivity index (χ0n) is 20.3. The van der Waals surface area contributed by atoms with Crippen molar-refractivity contribution in [2.24, 2.45) is 0 Å². The van der Waals surface area contributed by atoms with Gasteiger partial charge in [0, 0.05) is 17.6 Å². The molecule has 0 aliphatic rings. The Kier molecular flexibility index (Phi) is 10.5. The zero-order chi connectivity index (χ0) is 26.8. The van der Waals surface area contributed by atoms with Gasteiger partial charge in [0.15, 0.2) is 6.61 Å². The largest absolute Gasteiger partial charge is 0.482 e. The van der Waals surface area contributed by atoms with Gasteiger partial charge in [0.1, 0.15) is 5.75 Å². The Morgan fingerprint density at radius 3 is 2.27 bits per heavy atom. The van der Waals surface area contributed by atoms with Gasteiger partial charge in [-0.1, -0.05) is 35.9 Å². The molecule has 37 heavy (non-hydrogen) atoms. The third kappa shape index (κ3) is 8.28. The minimum atomic E-state index is -3.76. The van der Waals surface area contributed by atoms with E-state index in [1.165, 1.54) is 36.4 Å². The topological polar surface area (TPSA) is 122 Å². The number of hydrogen-bond acceptors (Lipinski definition) is 8. The summed E-state index contributed by atoms with van der Waals surface area (Å²) in [6.45, 7) is 1.75. The van der Waals surface area contributed by atoms with Crippen molar-refractivity contribution in [2.45, 2.75) is 35.3 Å². The van der Waals surface area contributed by atoms with E-state index < -0.39 is 21.9 Å². The Hall–Kier alpha value is -2.95. The second kappa shape index (κ2) is 13.6. The van der Waals surface area contributed by atoms with Crippen LogP contribution in [0.2, 0.25) is 5.02 Å². The molecule has 0 bridgehead atoms. The van der Waals surface area contributed by atoms with Crippen molar-refractivity contribution in [1.82, 2.24) is 5.32 Å². The molecule has 0 saturated heterocycles. The molecule has 198 valence electrons. The SMILES string of the molecule is CCOC(=O)COc1ccc(S(=O)(=O)c2ccc(C[C@@H](CO)NC[C@H](O)c3cccc(Cl)c3)cc2)cc1. The van der Waals surface area contributed by atoms with E-state index in [0.29, 0.717) is 22.8 Å². The first-order chi connectivity index (χ1) is 17.7. The lowest BCUT2D eigenvalue weighted by atomic mass is 10.1. The molecule has 0 aliphatic carbocycles. The summed E-state index contributed by atoms with van der Waals surface area (Å²) in [7, 11) is -3.76. The van der Waals surface area contributed by atoms with Crippen LogP contribution in [0.1, 0.15) is 24.2 Å². The predicted octanol–water partition coefficient (Wildman–Crippen LogP) is 3.34. The van der Waals surface area contributed by atoms with Crippen molar-refractivity contribution in [1.29, 1.82) is 0 Å². The molecule has 0 aliphatic heterocycles. The molecule has 0 saturated carbocycles. The maximum atomic E-state index is 13.0. The van der Waals surface area contributed by atoms with Crippen LogP contribution in [-0.4, -0.2) is 57.0 Å². The van der Waals surface area contributed by atoms with Crippen molar-refractivity contribution in [2.75, 3.05) is 26.4 Å². The van der Waals surface area contributed by atoms with Crippen LogP contribution in [0.25, 0.3) is 0 Å². The van der Waals surface area contributed by atoms with Gasteiger partial charge in [-0.05, 0) is 73.0 Å². The van der Waals surface area contributed by atoms with Crippen molar-refractivity contribution in [3.63, 3.8) is 0 Å². The molecule has 2 atom stereocenters. The zero-order valence-corrected chi connectivity index (χ0v) is 21.9. The van der Waals surface area contributed by atoms with E-state index in [0.717, 1.165) is 5.56 Å². The molecule has 0 aromatic heterocycles. The number of aliphatic hydroxyl groups excluding tert-OH is 2. The third-order valence-electron chi connectivity index (χ3n) is 5.57. The van der Waals surface area contributed by atoms with Crippen LogP contribution in [0.5, 0.6) is 5.75 Å². The van der Waals surface area contributed by atoms with E-state index >= 15 is 0 Å². The molecule has 0 heterocycles. The lowest BCUT2D eigenvalue weighted by Gasteiger charge is -2.19. The van der Waals surface area contributed by atoms with Crippen molar-refractivity contribution in [3.05, 3.63) is 88.9 Å². The van der Waals surface area contributed by atoms with E-state index in [4.69, 9.17) is 21.1 Å². The molecule has 3 rings (SSSR count). The number of hydrogen-bond donors (Lipinski definition) is 3. The number of carbonyl (C=O) groups is 1. The predicted molar refractivity (Wildman–Crippen MR) is 139 cm³/mol. The van der Waals surface area contributed by atoms with E-state index in [1.54, 1.807) is 43.3 Å². The van der Waals surface area contributed by atoms with Gasteiger partial charge >= 0.3 is 5.97 Å². The minimum absolute atomic E-state index is 0.0913. The number of esters is 1. The summed E-state index contributed by atoms with van der Waals surface area (Å²) in [5.74, 6) is -0.152. The monoisotopic (exact) mass is 547 g/mol. The van der Waals surface area contributed by atoms with Crippen LogP contribution < -0.4 is 10.1 Å². The summed E-state index contributed by atoms with van der Waals surface area (Å²) in [5, 5.41) is 23.8. The molecule has 0 spiro atoms. The first-order valence-electron chi connectivity index (χ1n) is 11.7. The number of halogens is 1. The lowest BCUT2D eigenvalue weighted by molar-refractivity contribution is -0.145. The summed E-state index contributed by atoms with van der Waals surface area (Å²) < 4.78 is 36.1. The van der Waals surface area contributed by atoms with Crippen LogP contribution in [-0.2, 0) is 25.8 Å². The molecule has 3 aromatic rings. The van der Waals surface area contributed by atoms with Crippen LogP contribution in [0.3, 0.4) is 0 Å². The van der Waals surface area contributed by atoms with E-state index in [2.05, 4.69) is 5.32 Å². The molecule has 0 fully saturated rings. The highest BCUT2D eigenvalue weighted by molar-refractivity contribution is 7.91. The average molecular weight is 548 g/mol. The van der Waals surface area contributed by atoms with Crippen LogP contribution in [0.4, 0.5) is 0 Å². The summed E-state index contributed by atoms with van der Waals surface area (Å²) in [6.07, 6.45) is -0.354. The highest BCUT2D eigenvalue weighted by Gasteiger charge is 2.19. The average Bonchev–Trinajstić information content (AvgIpc) is 2.90. The van der Waals surface area contributed by atoms with Gasteiger partial charge in [-0.2, -0.15) is 0 Å². The standard InChI is InChI=1S/C27H30ClNO7S/c1-2-35-27(32)18-36-23-8-12-25(13-9-23)37(33,34)24-10-6-19(7-11-24)14-22(17-30)29-16-26(31)20-4-3-5-21(28)15-20/h3-13,15,22,26,29-31H,2,14,16-18H2,1H3/t22-,26-/m0/s1. The summed E-state index contributed by atoms with van der Waals surface area (Å²) in [6, 6.07) is 18.8. The number of rotatable bonds is 13. The van der Waals surface area contributed by atoms with Crippen LogP contribution in [0.15, 0.2) is 82.6 Å². The van der Waals surface area contributed by atoms with Gasteiger partial charge in [0.2, 0.25) is 9.84 Å². The minimum Gasteiger partial charge on any atom is -0.482 e. The highest BCUT2D eigenvalue weighted by Crippen LogP contribution is 2.24. The lowest BCUT2D eigenvalue weighted by Crippen LogP contribution is -2.37. The normalized spacial score (nSPS) is 13.1. The van der Waals surface area contributed by atoms with Gasteiger partial charge in [0.25, 0.3) is 0 Å². The summed E-state index contributed by atoms with van der Waals surface area (Å²) in [5.41, 5.74) is 1.50. The molecule has 0 unspecified atom stereocenters. The second-order valence-corrected chi connectivity index (χ2v) is 10.7. The van der Waals surface area contributed by atoms with Gasteiger partial charge in [0.05, 0.1) is 29.1 Å². The first kappa shape index (κ1) is 28.6. The third-order valence-corrected chi connectivity index (χ3v) is 7.59.